The van der Waals surface area contributed by atoms with Crippen LogP contribution in [-0.2, 0) is 20.6 Å². The summed E-state index contributed by atoms with van der Waals surface area (Å²) in [4.78, 5) is 26.6. The molecular formula is C10H14N4O2S. The third kappa shape index (κ3) is 1.57. The van der Waals surface area contributed by atoms with Crippen molar-refractivity contribution in [3.63, 3.8) is 0 Å². The van der Waals surface area contributed by atoms with Crippen LogP contribution in [0.1, 0.15) is 13.3 Å². The predicted octanol–water partition coefficient (Wildman–Crippen LogP) is 0.506. The first-order valence-electron chi connectivity index (χ1n) is 5.37. The standard InChI is InChI=1S/C10H14N4O2S/c1-4-5-14-7-6(11-9(14)17)8(15)13(3)10(16)12(7)2/h4-5H2,1-3H3,(H,11,17). The predicted molar refractivity (Wildman–Crippen MR) is 67.9 cm³/mol. The SMILES string of the molecule is CCCn1c(=S)[nH]c2c(=O)n(C)c(=O)n(C)c21. The van der Waals surface area contributed by atoms with Crippen LogP contribution in [-0.4, -0.2) is 18.7 Å². The minimum atomic E-state index is -0.346. The van der Waals surface area contributed by atoms with E-state index in [-0.39, 0.29) is 11.2 Å². The average molecular weight is 254 g/mol. The summed E-state index contributed by atoms with van der Waals surface area (Å²) in [7, 11) is 3.09. The number of rotatable bonds is 2. The van der Waals surface area contributed by atoms with Crippen LogP contribution in [0.25, 0.3) is 11.2 Å². The number of hydrogen-bond acceptors (Lipinski definition) is 3. The van der Waals surface area contributed by atoms with Gasteiger partial charge in [0.2, 0.25) is 0 Å². The van der Waals surface area contributed by atoms with Crippen molar-refractivity contribution >= 4 is 23.4 Å². The fourth-order valence-corrected chi connectivity index (χ4v) is 2.24. The molecular weight excluding hydrogens is 240 g/mol. The van der Waals surface area contributed by atoms with Crippen molar-refractivity contribution in [1.29, 1.82) is 0 Å². The van der Waals surface area contributed by atoms with E-state index < -0.39 is 0 Å². The summed E-state index contributed by atoms with van der Waals surface area (Å²) in [5, 5.41) is 0. The molecule has 2 aromatic heterocycles. The lowest BCUT2D eigenvalue weighted by molar-refractivity contribution is 0.647. The summed E-state index contributed by atoms with van der Waals surface area (Å²) in [5.74, 6) is 0. The number of nitrogens with zero attached hydrogens (tertiary/aromatic N) is 3. The average Bonchev–Trinajstić information content (AvgIpc) is 2.62. The smallest absolute Gasteiger partial charge is 0.325 e. The maximum absolute atomic E-state index is 11.9. The van der Waals surface area contributed by atoms with Gasteiger partial charge in [-0.1, -0.05) is 6.92 Å². The van der Waals surface area contributed by atoms with Gasteiger partial charge in [-0.25, -0.2) is 4.79 Å². The molecule has 0 saturated heterocycles. The van der Waals surface area contributed by atoms with E-state index in [4.69, 9.17) is 12.2 Å². The minimum Gasteiger partial charge on any atom is -0.325 e. The van der Waals surface area contributed by atoms with Gasteiger partial charge in [0, 0.05) is 20.6 Å². The van der Waals surface area contributed by atoms with Crippen LogP contribution in [0.3, 0.4) is 0 Å². The van der Waals surface area contributed by atoms with E-state index in [9.17, 15) is 9.59 Å². The Morgan fingerprint density at radius 2 is 1.88 bits per heavy atom. The molecule has 0 unspecified atom stereocenters. The van der Waals surface area contributed by atoms with Crippen LogP contribution < -0.4 is 11.2 Å². The lowest BCUT2D eigenvalue weighted by atomic mass is 10.4. The molecule has 0 amide bonds. The zero-order chi connectivity index (χ0) is 12.7. The monoisotopic (exact) mass is 254 g/mol. The molecule has 0 spiro atoms. The van der Waals surface area contributed by atoms with E-state index in [1.165, 1.54) is 11.6 Å². The van der Waals surface area contributed by atoms with Crippen LogP contribution in [0.5, 0.6) is 0 Å². The van der Waals surface area contributed by atoms with Gasteiger partial charge >= 0.3 is 5.69 Å². The minimum absolute atomic E-state index is 0.343. The fourth-order valence-electron chi connectivity index (χ4n) is 1.96. The molecule has 7 heteroatoms. The molecule has 0 aromatic carbocycles. The molecule has 0 bridgehead atoms. The normalized spacial score (nSPS) is 11.2. The van der Waals surface area contributed by atoms with Crippen molar-refractivity contribution in [2.24, 2.45) is 14.1 Å². The molecule has 0 aliphatic carbocycles. The van der Waals surface area contributed by atoms with E-state index in [2.05, 4.69) is 4.98 Å². The van der Waals surface area contributed by atoms with E-state index in [0.29, 0.717) is 22.5 Å². The fraction of sp³-hybridized carbons (Fsp3) is 0.500. The molecule has 0 atom stereocenters. The first-order valence-corrected chi connectivity index (χ1v) is 5.78. The number of fused-ring (bicyclic) bond motifs is 1. The van der Waals surface area contributed by atoms with Gasteiger partial charge < -0.3 is 9.55 Å². The molecule has 92 valence electrons. The molecule has 0 aliphatic heterocycles. The Morgan fingerprint density at radius 1 is 1.24 bits per heavy atom. The van der Waals surface area contributed by atoms with Gasteiger partial charge in [0.05, 0.1) is 0 Å². The molecule has 2 rings (SSSR count). The quantitative estimate of drug-likeness (QED) is 0.794. The number of aryl methyl sites for hydroxylation is 2. The maximum atomic E-state index is 11.9. The number of nitrogens with one attached hydrogen (secondary N) is 1. The molecule has 2 heterocycles. The third-order valence-corrected chi connectivity index (χ3v) is 3.14. The summed E-state index contributed by atoms with van der Waals surface area (Å²) >= 11 is 5.17. The number of H-pyrrole nitrogens is 1. The van der Waals surface area contributed by atoms with Crippen LogP contribution in [0.4, 0.5) is 0 Å². The van der Waals surface area contributed by atoms with Gasteiger partial charge in [-0.2, -0.15) is 0 Å². The van der Waals surface area contributed by atoms with Gasteiger partial charge in [0.1, 0.15) is 11.2 Å². The lowest BCUT2D eigenvalue weighted by Gasteiger charge is -2.07. The highest BCUT2D eigenvalue weighted by atomic mass is 32.1. The topological polar surface area (TPSA) is 64.7 Å². The van der Waals surface area contributed by atoms with Crippen molar-refractivity contribution in [3.05, 3.63) is 25.6 Å². The Morgan fingerprint density at radius 3 is 2.47 bits per heavy atom. The van der Waals surface area contributed by atoms with E-state index in [1.807, 2.05) is 6.92 Å². The van der Waals surface area contributed by atoms with Crippen LogP contribution in [0, 0.1) is 4.77 Å². The number of imidazole rings is 1. The van der Waals surface area contributed by atoms with Crippen LogP contribution >= 0.6 is 12.2 Å². The van der Waals surface area contributed by atoms with Gasteiger partial charge in [-0.05, 0) is 18.6 Å². The summed E-state index contributed by atoms with van der Waals surface area (Å²) in [6.07, 6.45) is 0.880. The summed E-state index contributed by atoms with van der Waals surface area (Å²) < 4.78 is 4.77. The molecule has 17 heavy (non-hydrogen) atoms. The molecule has 6 nitrogen and oxygen atoms in total. The summed E-state index contributed by atoms with van der Waals surface area (Å²) in [6, 6.07) is 0. The van der Waals surface area contributed by atoms with Crippen molar-refractivity contribution in [1.82, 2.24) is 18.7 Å². The van der Waals surface area contributed by atoms with Crippen molar-refractivity contribution in [3.8, 4) is 0 Å². The Kier molecular flexibility index (Phi) is 2.78. The first kappa shape index (κ1) is 11.8. The van der Waals surface area contributed by atoms with Gasteiger partial charge in [-0.3, -0.25) is 13.9 Å². The van der Waals surface area contributed by atoms with E-state index in [0.717, 1.165) is 11.0 Å². The Bertz CT molecular complexity index is 746. The van der Waals surface area contributed by atoms with Gasteiger partial charge in [0.15, 0.2) is 4.77 Å². The van der Waals surface area contributed by atoms with Crippen molar-refractivity contribution in [2.75, 3.05) is 0 Å². The third-order valence-electron chi connectivity index (χ3n) is 2.81. The molecule has 0 radical (unpaired) electrons. The van der Waals surface area contributed by atoms with Crippen molar-refractivity contribution in [2.45, 2.75) is 19.9 Å². The Labute approximate surface area is 102 Å². The Balaban J connectivity index is 3.08. The second kappa shape index (κ2) is 3.99. The van der Waals surface area contributed by atoms with E-state index >= 15 is 0 Å². The highest BCUT2D eigenvalue weighted by molar-refractivity contribution is 7.71. The Hall–Kier alpha value is -1.63. The summed E-state index contributed by atoms with van der Waals surface area (Å²) in [6.45, 7) is 2.69. The maximum Gasteiger partial charge on any atom is 0.332 e. The van der Waals surface area contributed by atoms with Crippen LogP contribution in [0.2, 0.25) is 0 Å². The number of aromatic nitrogens is 4. The van der Waals surface area contributed by atoms with Crippen molar-refractivity contribution < 1.29 is 0 Å². The summed E-state index contributed by atoms with van der Waals surface area (Å²) in [5.41, 5.74) is 0.253. The molecule has 2 aromatic rings. The lowest BCUT2D eigenvalue weighted by Crippen LogP contribution is -2.37. The second-order valence-corrected chi connectivity index (χ2v) is 4.37. The number of hydrogen-bond donors (Lipinski definition) is 1. The van der Waals surface area contributed by atoms with E-state index in [1.54, 1.807) is 11.6 Å². The zero-order valence-electron chi connectivity index (χ0n) is 9.98. The number of aromatic amines is 1. The highest BCUT2D eigenvalue weighted by Gasteiger charge is 2.13. The highest BCUT2D eigenvalue weighted by Crippen LogP contribution is 2.08. The molecule has 0 aliphatic rings. The molecule has 0 fully saturated rings. The largest absolute Gasteiger partial charge is 0.332 e. The molecule has 1 N–H and O–H groups in total. The zero-order valence-corrected chi connectivity index (χ0v) is 10.8. The van der Waals surface area contributed by atoms with Gasteiger partial charge in [-0.15, -0.1) is 0 Å². The first-order chi connectivity index (χ1) is 7.99. The molecule has 0 saturated carbocycles. The second-order valence-electron chi connectivity index (χ2n) is 3.99. The van der Waals surface area contributed by atoms with Crippen LogP contribution in [0.15, 0.2) is 9.59 Å². The van der Waals surface area contributed by atoms with Gasteiger partial charge in [0.25, 0.3) is 5.56 Å².